The fourth-order valence-electron chi connectivity index (χ4n) is 19.5. The van der Waals surface area contributed by atoms with Crippen molar-refractivity contribution in [3.63, 3.8) is 0 Å². The molecule has 0 fully saturated rings. The minimum Gasteiger partial charge on any atom is -0.308 e. The molecule has 18 aromatic carbocycles. The monoisotopic (exact) mass is 1390 g/mol. The van der Waals surface area contributed by atoms with Crippen LogP contribution in [0, 0.1) is 0 Å². The minimum absolute atomic E-state index is 0.619. The molecular formula is C102H56N8. The third kappa shape index (κ3) is 7.86. The topological polar surface area (TPSA) is 70.2 Å². The van der Waals surface area contributed by atoms with Crippen LogP contribution in [0.4, 0.5) is 0 Å². The van der Waals surface area contributed by atoms with E-state index in [9.17, 15) is 0 Å². The summed E-state index contributed by atoms with van der Waals surface area (Å²) in [6.45, 7) is 0. The maximum Gasteiger partial charge on any atom is 0.235 e. The molecule has 0 aliphatic rings. The van der Waals surface area contributed by atoms with E-state index >= 15 is 0 Å². The Morgan fingerprint density at radius 3 is 1.17 bits per heavy atom. The highest BCUT2D eigenvalue weighted by molar-refractivity contribution is 6.38. The highest BCUT2D eigenvalue weighted by Crippen LogP contribution is 2.51. The Morgan fingerprint density at radius 1 is 0.173 bits per heavy atom. The lowest BCUT2D eigenvalue weighted by molar-refractivity contribution is 1.02. The number of hydrogen-bond acceptors (Lipinski definition) is 4. The first-order valence-corrected chi connectivity index (χ1v) is 37.7. The van der Waals surface area contributed by atoms with Crippen LogP contribution in [-0.2, 0) is 0 Å². The zero-order valence-corrected chi connectivity index (χ0v) is 58.9. The van der Waals surface area contributed by atoms with Gasteiger partial charge in [0, 0.05) is 86.5 Å². The van der Waals surface area contributed by atoms with E-state index in [1.54, 1.807) is 0 Å². The van der Waals surface area contributed by atoms with Gasteiger partial charge in [-0.05, 0) is 167 Å². The smallest absolute Gasteiger partial charge is 0.235 e. The number of nitrogens with zero attached hydrogens (tertiary/aromatic N) is 8. The van der Waals surface area contributed by atoms with Gasteiger partial charge in [-0.1, -0.05) is 249 Å². The molecule has 0 bridgehead atoms. The zero-order valence-electron chi connectivity index (χ0n) is 58.9. The normalized spacial score (nSPS) is 12.5. The summed E-state index contributed by atoms with van der Waals surface area (Å²) in [5.41, 5.74) is 21.5. The predicted octanol–water partition coefficient (Wildman–Crippen LogP) is 26.5. The number of benzene rings is 18. The Morgan fingerprint density at radius 2 is 0.564 bits per heavy atom. The van der Waals surface area contributed by atoms with Crippen LogP contribution in [0.5, 0.6) is 0 Å². The maximum atomic E-state index is 5.94. The zero-order chi connectivity index (χ0) is 71.3. The molecule has 0 radical (unpaired) electrons. The van der Waals surface area contributed by atoms with Crippen LogP contribution in [0.2, 0.25) is 0 Å². The molecule has 0 N–H and O–H groups in total. The van der Waals surface area contributed by atoms with Gasteiger partial charge in [0.25, 0.3) is 0 Å². The summed E-state index contributed by atoms with van der Waals surface area (Å²) in [6.07, 6.45) is 0. The van der Waals surface area contributed by atoms with Gasteiger partial charge in [-0.3, -0.25) is 9.13 Å². The molecule has 504 valence electrons. The van der Waals surface area contributed by atoms with Gasteiger partial charge in [0.1, 0.15) is 0 Å². The molecule has 0 aliphatic heterocycles. The third-order valence-corrected chi connectivity index (χ3v) is 24.3. The number of fused-ring (bicyclic) bond motifs is 29. The first kappa shape index (κ1) is 58.4. The van der Waals surface area contributed by atoms with Crippen LogP contribution in [0.15, 0.2) is 340 Å². The van der Waals surface area contributed by atoms with Crippen molar-refractivity contribution in [1.29, 1.82) is 0 Å². The molecule has 0 saturated heterocycles. The molecule has 8 heterocycles. The van der Waals surface area contributed by atoms with Crippen LogP contribution in [0.1, 0.15) is 0 Å². The van der Waals surface area contributed by atoms with Crippen molar-refractivity contribution in [3.05, 3.63) is 340 Å². The molecule has 8 aromatic heterocycles. The van der Waals surface area contributed by atoms with Gasteiger partial charge >= 0.3 is 0 Å². The van der Waals surface area contributed by atoms with Crippen LogP contribution < -0.4 is 0 Å². The van der Waals surface area contributed by atoms with E-state index in [0.29, 0.717) is 11.9 Å². The van der Waals surface area contributed by atoms with E-state index in [0.717, 1.165) is 132 Å². The second kappa shape index (κ2) is 21.4. The molecule has 0 amide bonds. The number of hydrogen-bond donors (Lipinski definition) is 0. The average molecular weight is 1390 g/mol. The van der Waals surface area contributed by atoms with Crippen LogP contribution in [0.3, 0.4) is 0 Å². The highest BCUT2D eigenvalue weighted by atomic mass is 15.2. The lowest BCUT2D eigenvalue weighted by Gasteiger charge is -2.15. The van der Waals surface area contributed by atoms with Gasteiger partial charge < -0.3 is 8.80 Å². The minimum atomic E-state index is 0.619. The van der Waals surface area contributed by atoms with Crippen molar-refractivity contribution in [2.24, 2.45) is 0 Å². The summed E-state index contributed by atoms with van der Waals surface area (Å²) >= 11 is 0. The van der Waals surface area contributed by atoms with Crippen LogP contribution in [0.25, 0.3) is 252 Å². The van der Waals surface area contributed by atoms with Crippen molar-refractivity contribution >= 4 is 195 Å². The lowest BCUT2D eigenvalue weighted by Crippen LogP contribution is -2.04. The second-order valence-electron chi connectivity index (χ2n) is 30.0. The molecule has 8 heteroatoms. The molecule has 26 rings (SSSR count). The second-order valence-corrected chi connectivity index (χ2v) is 30.0. The van der Waals surface area contributed by atoms with Crippen molar-refractivity contribution in [2.45, 2.75) is 0 Å². The SMILES string of the molecule is c1ccc(-c2ccc(-c3nc(-n4c5cc6ccccc6cc5c5c6c7cc(-c8ccc9c(ccc%10nc(-n%11c%12cc%13ccccc%13cc%12c%12c%13c%14ccccc%14n%14c%15ccccc%15c(cc%12%11)c%13%14)nc(-c%11ccc%12ccccc%12c%11)c%109)c8)ccc7n7c8ccccc8c(cc54)c67)nc4ccc5ccccc5c34)cc2)cc1. The van der Waals surface area contributed by atoms with Gasteiger partial charge in [-0.2, -0.15) is 0 Å². The highest BCUT2D eigenvalue weighted by Gasteiger charge is 2.30. The van der Waals surface area contributed by atoms with E-state index in [4.69, 9.17) is 19.9 Å². The van der Waals surface area contributed by atoms with Crippen molar-refractivity contribution in [1.82, 2.24) is 37.9 Å². The number of rotatable bonds is 6. The Kier molecular flexibility index (Phi) is 11.4. The molecule has 26 aromatic rings. The molecule has 0 atom stereocenters. The van der Waals surface area contributed by atoms with E-state index in [1.807, 2.05) is 0 Å². The van der Waals surface area contributed by atoms with E-state index in [-0.39, 0.29) is 0 Å². The molecule has 110 heavy (non-hydrogen) atoms. The largest absolute Gasteiger partial charge is 0.308 e. The summed E-state index contributed by atoms with van der Waals surface area (Å²) in [5.74, 6) is 1.24. The summed E-state index contributed by atoms with van der Waals surface area (Å²) in [6, 6.07) is 125. The summed E-state index contributed by atoms with van der Waals surface area (Å²) in [4.78, 5) is 23.3. The Balaban J connectivity index is 0.705. The first-order valence-electron chi connectivity index (χ1n) is 37.7. The van der Waals surface area contributed by atoms with Crippen LogP contribution in [-0.4, -0.2) is 37.9 Å². The van der Waals surface area contributed by atoms with Gasteiger partial charge in [0.15, 0.2) is 0 Å². The molecule has 8 nitrogen and oxygen atoms in total. The Labute approximate surface area is 625 Å². The van der Waals surface area contributed by atoms with Gasteiger partial charge in [-0.15, -0.1) is 0 Å². The maximum absolute atomic E-state index is 5.94. The van der Waals surface area contributed by atoms with Crippen molar-refractivity contribution in [2.75, 3.05) is 0 Å². The van der Waals surface area contributed by atoms with Gasteiger partial charge in [0.2, 0.25) is 11.9 Å². The van der Waals surface area contributed by atoms with E-state index < -0.39 is 0 Å². The average Bonchev–Trinajstić information content (AvgIpc) is 1.52. The molecule has 0 unspecified atom stereocenters. The Bertz CT molecular complexity index is 8590. The predicted molar refractivity (Wildman–Crippen MR) is 460 cm³/mol. The van der Waals surface area contributed by atoms with Crippen molar-refractivity contribution < 1.29 is 0 Å². The van der Waals surface area contributed by atoms with E-state index in [1.165, 1.54) is 109 Å². The lowest BCUT2D eigenvalue weighted by atomic mass is 9.95. The first-order chi connectivity index (χ1) is 54.5. The number of aromatic nitrogens is 8. The molecule has 0 spiro atoms. The standard InChI is InChI=1S/C102H56N8/c1-2-18-57(19-3-1)59-34-37-61(38-35-59)97-91-71-27-11-10-21-60(71)41-45-81(91)103-101(105-97)110-88-54-66-26-9-7-24-64(66)51-80(88)94-90(110)56-77-74-29-13-16-32-84(74)108-86-47-43-68(52-78(86)96(94)100(77)108)67-40-44-72-69(48-67)42-46-82-92(72)98(70-39-36-58-20-4-5-22-62(58)49-70)106-102(104-82)109-87-53-65-25-8-6-23-63(65)50-79(87)93-89(109)55-76-73-28-12-15-31-83(73)107-85-33-17-14-30-75(85)95(93)99(76)107/h1-56H. The van der Waals surface area contributed by atoms with Gasteiger partial charge in [0.05, 0.1) is 77.6 Å². The van der Waals surface area contributed by atoms with Crippen LogP contribution >= 0.6 is 0 Å². The number of para-hydroxylation sites is 3. The fourth-order valence-corrected chi connectivity index (χ4v) is 19.5. The third-order valence-electron chi connectivity index (χ3n) is 24.3. The van der Waals surface area contributed by atoms with Gasteiger partial charge in [-0.25, -0.2) is 19.9 Å². The summed E-state index contributed by atoms with van der Waals surface area (Å²) < 4.78 is 9.72. The molecule has 0 aliphatic carbocycles. The fraction of sp³-hybridized carbons (Fsp3) is 0. The molecule has 0 saturated carbocycles. The molecular weight excluding hydrogens is 1340 g/mol. The van der Waals surface area contributed by atoms with E-state index in [2.05, 4.69) is 358 Å². The summed E-state index contributed by atoms with van der Waals surface area (Å²) in [5, 5.41) is 27.8. The quantitative estimate of drug-likeness (QED) is 0.156. The Hall–Kier alpha value is -14.9. The summed E-state index contributed by atoms with van der Waals surface area (Å²) in [7, 11) is 0. The van der Waals surface area contributed by atoms with Crippen molar-refractivity contribution in [3.8, 4) is 56.7 Å².